The van der Waals surface area contributed by atoms with Crippen LogP contribution in [0.4, 0.5) is 0 Å². The zero-order chi connectivity index (χ0) is 18.6. The highest BCUT2D eigenvalue weighted by Crippen LogP contribution is 2.15. The summed E-state index contributed by atoms with van der Waals surface area (Å²) in [5, 5.41) is 0. The second-order valence-corrected chi connectivity index (χ2v) is 4.89. The maximum absolute atomic E-state index is 4.27. The van der Waals surface area contributed by atoms with Gasteiger partial charge >= 0.3 is 0 Å². The number of allylic oxidation sites excluding steroid dienone is 5. The molecule has 0 aromatic heterocycles. The topological polar surface area (TPSA) is 12.4 Å². The van der Waals surface area contributed by atoms with Gasteiger partial charge in [-0.2, -0.15) is 0 Å². The first kappa shape index (κ1) is 24.1. The maximum Gasteiger partial charge on any atom is 0.0342 e. The Morgan fingerprint density at radius 2 is 1.62 bits per heavy atom. The van der Waals surface area contributed by atoms with E-state index in [0.29, 0.717) is 0 Å². The lowest BCUT2D eigenvalue weighted by molar-refractivity contribution is 0.886. The molecule has 0 fully saturated rings. The largest absolute Gasteiger partial charge is 0.268 e. The quantitative estimate of drug-likeness (QED) is 0.362. The first-order chi connectivity index (χ1) is 11.7. The first-order valence-corrected chi connectivity index (χ1v) is 8.88. The fourth-order valence-corrected chi connectivity index (χ4v) is 1.42. The molecule has 0 aliphatic carbocycles. The maximum atomic E-state index is 4.27. The molecule has 0 atom stereocenters. The lowest BCUT2D eigenvalue weighted by Crippen LogP contribution is -1.81. The predicted molar refractivity (Wildman–Crippen MR) is 114 cm³/mol. The normalized spacial score (nSPS) is 10.6. The van der Waals surface area contributed by atoms with Crippen LogP contribution in [0.1, 0.15) is 58.1 Å². The van der Waals surface area contributed by atoms with E-state index in [-0.39, 0.29) is 0 Å². The summed E-state index contributed by atoms with van der Waals surface area (Å²) in [4.78, 5) is 4.27. The average molecular weight is 326 g/mol. The zero-order valence-corrected chi connectivity index (χ0v) is 16.3. The van der Waals surface area contributed by atoms with Crippen LogP contribution in [0.2, 0.25) is 0 Å². The van der Waals surface area contributed by atoms with Crippen molar-refractivity contribution in [3.63, 3.8) is 0 Å². The number of nitrogens with zero attached hydrogens (tertiary/aromatic N) is 1. The summed E-state index contributed by atoms with van der Waals surface area (Å²) in [6.07, 6.45) is 14.6. The molecule has 0 heterocycles. The zero-order valence-electron chi connectivity index (χ0n) is 16.3. The fourth-order valence-electron chi connectivity index (χ4n) is 1.42. The molecule has 1 aromatic carbocycles. The van der Waals surface area contributed by atoms with E-state index in [1.807, 2.05) is 44.5 Å². The molecule has 0 spiro atoms. The van der Waals surface area contributed by atoms with Gasteiger partial charge in [0.25, 0.3) is 0 Å². The number of aryl methyl sites for hydroxylation is 1. The molecule has 0 N–H and O–H groups in total. The van der Waals surface area contributed by atoms with Crippen LogP contribution in [-0.4, -0.2) is 6.21 Å². The van der Waals surface area contributed by atoms with E-state index in [4.69, 9.17) is 0 Å². The van der Waals surface area contributed by atoms with E-state index in [9.17, 15) is 0 Å². The third-order valence-corrected chi connectivity index (χ3v) is 2.94. The van der Waals surface area contributed by atoms with Gasteiger partial charge in [-0.25, -0.2) is 0 Å². The van der Waals surface area contributed by atoms with Gasteiger partial charge in [0.15, 0.2) is 0 Å². The molecular formula is C23H35N. The summed E-state index contributed by atoms with van der Waals surface area (Å²) in [7, 11) is 0. The molecule has 0 aliphatic rings. The average Bonchev–Trinajstić information content (AvgIpc) is 2.64. The molecule has 0 radical (unpaired) electrons. The Balaban J connectivity index is 0. The van der Waals surface area contributed by atoms with Gasteiger partial charge in [-0.1, -0.05) is 108 Å². The molecule has 1 nitrogen and oxygen atoms in total. The molecule has 0 unspecified atom stereocenters. The Hall–Kier alpha value is -2.15. The second kappa shape index (κ2) is 18.9. The fraction of sp³-hybridized carbons (Fsp3) is 0.348. The lowest BCUT2D eigenvalue weighted by Gasteiger charge is -2.01. The van der Waals surface area contributed by atoms with E-state index in [1.165, 1.54) is 18.4 Å². The van der Waals surface area contributed by atoms with Crippen LogP contribution in [0.15, 0.2) is 72.9 Å². The minimum Gasteiger partial charge on any atom is -0.268 e. The number of unbranched alkanes of at least 4 members (excludes halogenated alkanes) is 1. The van der Waals surface area contributed by atoms with Gasteiger partial charge in [0, 0.05) is 18.8 Å². The van der Waals surface area contributed by atoms with E-state index in [2.05, 4.69) is 63.2 Å². The van der Waals surface area contributed by atoms with E-state index in [1.54, 1.807) is 6.08 Å². The van der Waals surface area contributed by atoms with Crippen LogP contribution in [0, 0.1) is 6.92 Å². The standard InChI is InChI=1S/C17H19N.C4H10.C2H6/c1-4-6-7-8-13-18-14-16(5-2)17-11-9-15(3)10-12-17;1-3-4-2;1-2/h4-7,9-14H,1-2,8H2,3H3;3-4H2,1-2H3;1-2H3/b7-6+,16-14+,18-13?;;. The van der Waals surface area contributed by atoms with Crippen LogP contribution < -0.4 is 0 Å². The molecule has 24 heavy (non-hydrogen) atoms. The van der Waals surface area contributed by atoms with Gasteiger partial charge in [0.1, 0.15) is 0 Å². The van der Waals surface area contributed by atoms with Gasteiger partial charge in [-0.3, -0.25) is 4.99 Å². The number of aliphatic imine (C=N–C) groups is 1. The van der Waals surface area contributed by atoms with Crippen molar-refractivity contribution in [1.29, 1.82) is 0 Å². The van der Waals surface area contributed by atoms with Crippen molar-refractivity contribution in [2.75, 3.05) is 0 Å². The second-order valence-electron chi connectivity index (χ2n) is 4.89. The molecule has 1 aromatic rings. The molecule has 1 rings (SSSR count). The lowest BCUT2D eigenvalue weighted by atomic mass is 10.1. The SMILES string of the molecule is C=C/C=C/CC=N/C=C(\C=C)c1ccc(C)cc1.CC.CCCC. The van der Waals surface area contributed by atoms with Gasteiger partial charge in [0.2, 0.25) is 0 Å². The summed E-state index contributed by atoms with van der Waals surface area (Å²) < 4.78 is 0. The minimum atomic E-state index is 0.806. The van der Waals surface area contributed by atoms with Gasteiger partial charge in [-0.05, 0) is 18.1 Å². The van der Waals surface area contributed by atoms with Crippen LogP contribution in [0.25, 0.3) is 5.57 Å². The van der Waals surface area contributed by atoms with E-state index < -0.39 is 0 Å². The third-order valence-electron chi connectivity index (χ3n) is 2.94. The number of hydrogen-bond acceptors (Lipinski definition) is 1. The Kier molecular flexibility index (Phi) is 19.0. The summed E-state index contributed by atoms with van der Waals surface area (Å²) in [6, 6.07) is 8.33. The highest BCUT2D eigenvalue weighted by atomic mass is 14.7. The Bertz CT molecular complexity index is 499. The first-order valence-electron chi connectivity index (χ1n) is 8.88. The molecule has 0 saturated heterocycles. The minimum absolute atomic E-state index is 0.806. The van der Waals surface area contributed by atoms with Gasteiger partial charge < -0.3 is 0 Å². The van der Waals surface area contributed by atoms with E-state index in [0.717, 1.165) is 17.6 Å². The smallest absolute Gasteiger partial charge is 0.0342 e. The third kappa shape index (κ3) is 13.5. The Morgan fingerprint density at radius 1 is 1.04 bits per heavy atom. The van der Waals surface area contributed by atoms with Crippen molar-refractivity contribution >= 4 is 11.8 Å². The van der Waals surface area contributed by atoms with Crippen molar-refractivity contribution < 1.29 is 0 Å². The predicted octanol–water partition coefficient (Wildman–Crippen LogP) is 7.56. The van der Waals surface area contributed by atoms with Crippen molar-refractivity contribution in [2.24, 2.45) is 4.99 Å². The van der Waals surface area contributed by atoms with Crippen molar-refractivity contribution in [2.45, 2.75) is 53.9 Å². The molecule has 0 bridgehead atoms. The van der Waals surface area contributed by atoms with Crippen LogP contribution in [0.3, 0.4) is 0 Å². The van der Waals surface area contributed by atoms with Crippen molar-refractivity contribution in [3.8, 4) is 0 Å². The highest BCUT2D eigenvalue weighted by Gasteiger charge is 1.95. The van der Waals surface area contributed by atoms with Crippen molar-refractivity contribution in [3.05, 3.63) is 79.1 Å². The summed E-state index contributed by atoms with van der Waals surface area (Å²) >= 11 is 0. The molecule has 1 heteroatoms. The van der Waals surface area contributed by atoms with E-state index >= 15 is 0 Å². The number of rotatable bonds is 7. The Labute approximate surface area is 150 Å². The van der Waals surface area contributed by atoms with Crippen LogP contribution in [0.5, 0.6) is 0 Å². The molecule has 132 valence electrons. The molecular weight excluding hydrogens is 290 g/mol. The number of hydrogen-bond donors (Lipinski definition) is 0. The number of benzene rings is 1. The monoisotopic (exact) mass is 325 g/mol. The summed E-state index contributed by atoms with van der Waals surface area (Å²) in [5.41, 5.74) is 3.41. The van der Waals surface area contributed by atoms with Crippen LogP contribution in [-0.2, 0) is 0 Å². The van der Waals surface area contributed by atoms with Gasteiger partial charge in [-0.15, -0.1) is 0 Å². The van der Waals surface area contributed by atoms with Crippen molar-refractivity contribution in [1.82, 2.24) is 0 Å². The van der Waals surface area contributed by atoms with Gasteiger partial charge in [0.05, 0.1) is 0 Å². The summed E-state index contributed by atoms with van der Waals surface area (Å²) in [5.74, 6) is 0. The molecule has 0 aliphatic heterocycles. The summed E-state index contributed by atoms with van der Waals surface area (Å²) in [6.45, 7) is 17.9. The molecule has 0 amide bonds. The molecule has 0 saturated carbocycles. The highest BCUT2D eigenvalue weighted by molar-refractivity contribution is 5.74. The Morgan fingerprint density at radius 3 is 2.08 bits per heavy atom. The van der Waals surface area contributed by atoms with Crippen LogP contribution >= 0.6 is 0 Å².